The van der Waals surface area contributed by atoms with Crippen LogP contribution in [0.4, 0.5) is 0 Å². The van der Waals surface area contributed by atoms with Crippen LogP contribution in [0.3, 0.4) is 0 Å². The average Bonchev–Trinajstić information content (AvgIpc) is 2.97. The number of likely N-dealkylation sites (tertiary alicyclic amines) is 1. The Morgan fingerprint density at radius 3 is 2.86 bits per heavy atom. The lowest BCUT2D eigenvalue weighted by Crippen LogP contribution is -2.42. The fourth-order valence-electron chi connectivity index (χ4n) is 4.26. The largest absolute Gasteiger partial charge is 0.484 e. The van der Waals surface area contributed by atoms with E-state index in [2.05, 4.69) is 28.6 Å². The van der Waals surface area contributed by atoms with Gasteiger partial charge in [-0.15, -0.1) is 10.2 Å². The predicted octanol–water partition coefficient (Wildman–Crippen LogP) is 3.41. The van der Waals surface area contributed by atoms with Crippen molar-refractivity contribution in [1.82, 2.24) is 19.7 Å². The van der Waals surface area contributed by atoms with Gasteiger partial charge in [-0.3, -0.25) is 4.79 Å². The van der Waals surface area contributed by atoms with Crippen LogP contribution in [0.15, 0.2) is 18.2 Å². The van der Waals surface area contributed by atoms with Gasteiger partial charge in [-0.05, 0) is 62.8 Å². The highest BCUT2D eigenvalue weighted by Crippen LogP contribution is 2.28. The Bertz CT molecular complexity index is 845. The molecule has 0 aliphatic carbocycles. The zero-order valence-electron chi connectivity index (χ0n) is 17.0. The molecule has 1 aromatic carbocycles. The number of aromatic nitrogens is 3. The molecule has 150 valence electrons. The van der Waals surface area contributed by atoms with E-state index in [4.69, 9.17) is 4.74 Å². The first-order valence-corrected chi connectivity index (χ1v) is 10.5. The topological polar surface area (TPSA) is 60.2 Å². The summed E-state index contributed by atoms with van der Waals surface area (Å²) < 4.78 is 8.08. The van der Waals surface area contributed by atoms with Gasteiger partial charge in [0.2, 0.25) is 0 Å². The molecular weight excluding hydrogens is 352 g/mol. The SMILES string of the molecule is Cc1ccc(OCC(=O)N2CCCC(c3nnc4n3CCCCC4)C2)cc1C. The summed E-state index contributed by atoms with van der Waals surface area (Å²) in [5, 5.41) is 8.95. The Morgan fingerprint density at radius 2 is 2.00 bits per heavy atom. The van der Waals surface area contributed by atoms with Crippen LogP contribution in [0.2, 0.25) is 0 Å². The van der Waals surface area contributed by atoms with E-state index in [1.165, 1.54) is 30.4 Å². The lowest BCUT2D eigenvalue weighted by atomic mass is 9.97. The van der Waals surface area contributed by atoms with Crippen LogP contribution in [0.5, 0.6) is 5.75 Å². The van der Waals surface area contributed by atoms with Gasteiger partial charge in [0.1, 0.15) is 17.4 Å². The number of hydrogen-bond donors (Lipinski definition) is 0. The molecule has 1 unspecified atom stereocenters. The first-order chi connectivity index (χ1) is 13.6. The predicted molar refractivity (Wildman–Crippen MR) is 108 cm³/mol. The van der Waals surface area contributed by atoms with Gasteiger partial charge in [0.15, 0.2) is 6.61 Å². The zero-order chi connectivity index (χ0) is 19.5. The van der Waals surface area contributed by atoms with Crippen molar-refractivity contribution in [2.75, 3.05) is 19.7 Å². The number of hydrogen-bond acceptors (Lipinski definition) is 4. The van der Waals surface area contributed by atoms with Crippen LogP contribution in [-0.4, -0.2) is 45.3 Å². The molecule has 2 aliphatic rings. The van der Waals surface area contributed by atoms with Crippen LogP contribution in [-0.2, 0) is 17.8 Å². The molecule has 3 heterocycles. The molecular formula is C22H30N4O2. The van der Waals surface area contributed by atoms with E-state index in [1.54, 1.807) is 0 Å². The normalized spacial score (nSPS) is 19.8. The lowest BCUT2D eigenvalue weighted by Gasteiger charge is -2.32. The Kier molecular flexibility index (Phi) is 5.64. The van der Waals surface area contributed by atoms with E-state index in [1.807, 2.05) is 23.1 Å². The molecule has 28 heavy (non-hydrogen) atoms. The number of carbonyl (C=O) groups is 1. The van der Waals surface area contributed by atoms with E-state index in [0.29, 0.717) is 6.54 Å². The monoisotopic (exact) mass is 382 g/mol. The quantitative estimate of drug-likeness (QED) is 0.813. The highest BCUT2D eigenvalue weighted by atomic mass is 16.5. The second-order valence-electron chi connectivity index (χ2n) is 8.15. The number of benzene rings is 1. The maximum absolute atomic E-state index is 12.7. The van der Waals surface area contributed by atoms with Gasteiger partial charge in [0.05, 0.1) is 0 Å². The number of fused-ring (bicyclic) bond motifs is 1. The van der Waals surface area contributed by atoms with E-state index < -0.39 is 0 Å². The molecule has 1 saturated heterocycles. The average molecular weight is 383 g/mol. The summed E-state index contributed by atoms with van der Waals surface area (Å²) in [5.74, 6) is 3.28. The van der Waals surface area contributed by atoms with Gasteiger partial charge in [-0.25, -0.2) is 0 Å². The minimum absolute atomic E-state index is 0.0542. The standard InChI is InChI=1S/C22H30N4O2/c1-16-9-10-19(13-17(16)2)28-15-21(27)25-11-6-7-18(14-25)22-24-23-20-8-4-3-5-12-26(20)22/h9-10,13,18H,3-8,11-12,14-15H2,1-2H3. The van der Waals surface area contributed by atoms with Crippen LogP contribution in [0.1, 0.15) is 60.8 Å². The van der Waals surface area contributed by atoms with Gasteiger partial charge in [-0.1, -0.05) is 12.5 Å². The molecule has 1 atom stereocenters. The molecule has 2 aromatic rings. The Balaban J connectivity index is 1.39. The first-order valence-electron chi connectivity index (χ1n) is 10.5. The number of carbonyl (C=O) groups excluding carboxylic acids is 1. The highest BCUT2D eigenvalue weighted by Gasteiger charge is 2.29. The van der Waals surface area contributed by atoms with Gasteiger partial charge in [0.25, 0.3) is 5.91 Å². The molecule has 1 aromatic heterocycles. The first kappa shape index (κ1) is 19.0. The van der Waals surface area contributed by atoms with Crippen LogP contribution < -0.4 is 4.74 Å². The van der Waals surface area contributed by atoms with Gasteiger partial charge in [0, 0.05) is 32.0 Å². The Morgan fingerprint density at radius 1 is 1.11 bits per heavy atom. The molecule has 0 radical (unpaired) electrons. The summed E-state index contributed by atoms with van der Waals surface area (Å²) in [4.78, 5) is 14.7. The molecule has 1 amide bonds. The smallest absolute Gasteiger partial charge is 0.260 e. The number of amides is 1. The Labute approximate surface area is 166 Å². The maximum atomic E-state index is 12.7. The number of ether oxygens (including phenoxy) is 1. The summed E-state index contributed by atoms with van der Waals surface area (Å²) in [7, 11) is 0. The second kappa shape index (κ2) is 8.33. The van der Waals surface area contributed by atoms with Gasteiger partial charge >= 0.3 is 0 Å². The fraction of sp³-hybridized carbons (Fsp3) is 0.591. The highest BCUT2D eigenvalue weighted by molar-refractivity contribution is 5.78. The number of aryl methyl sites for hydroxylation is 3. The van der Waals surface area contributed by atoms with E-state index in [0.717, 1.165) is 49.8 Å². The van der Waals surface area contributed by atoms with Crippen molar-refractivity contribution in [2.45, 2.75) is 64.8 Å². The Hall–Kier alpha value is -2.37. The zero-order valence-corrected chi connectivity index (χ0v) is 17.0. The van der Waals surface area contributed by atoms with Crippen molar-refractivity contribution in [3.05, 3.63) is 41.0 Å². The van der Waals surface area contributed by atoms with Crippen molar-refractivity contribution in [3.63, 3.8) is 0 Å². The van der Waals surface area contributed by atoms with Crippen molar-refractivity contribution in [1.29, 1.82) is 0 Å². The van der Waals surface area contributed by atoms with Crippen molar-refractivity contribution in [2.24, 2.45) is 0 Å². The summed E-state index contributed by atoms with van der Waals surface area (Å²) in [6, 6.07) is 5.95. The number of nitrogens with zero attached hydrogens (tertiary/aromatic N) is 4. The second-order valence-corrected chi connectivity index (χ2v) is 8.15. The molecule has 6 heteroatoms. The van der Waals surface area contributed by atoms with Crippen molar-refractivity contribution in [3.8, 4) is 5.75 Å². The summed E-state index contributed by atoms with van der Waals surface area (Å²) >= 11 is 0. The third kappa shape index (κ3) is 4.05. The van der Waals surface area contributed by atoms with Crippen LogP contribution in [0.25, 0.3) is 0 Å². The van der Waals surface area contributed by atoms with Crippen LogP contribution >= 0.6 is 0 Å². The molecule has 1 fully saturated rings. The third-order valence-electron chi connectivity index (χ3n) is 6.12. The molecule has 0 N–H and O–H groups in total. The van der Waals surface area contributed by atoms with E-state index in [9.17, 15) is 4.79 Å². The summed E-state index contributed by atoms with van der Waals surface area (Å²) in [5.41, 5.74) is 2.40. The fourth-order valence-corrected chi connectivity index (χ4v) is 4.26. The van der Waals surface area contributed by atoms with Crippen molar-refractivity contribution >= 4 is 5.91 Å². The third-order valence-corrected chi connectivity index (χ3v) is 6.12. The molecule has 0 spiro atoms. The maximum Gasteiger partial charge on any atom is 0.260 e. The lowest BCUT2D eigenvalue weighted by molar-refractivity contribution is -0.134. The minimum atomic E-state index is 0.0542. The molecule has 4 rings (SSSR count). The summed E-state index contributed by atoms with van der Waals surface area (Å²) in [6.07, 6.45) is 6.74. The van der Waals surface area contributed by atoms with Crippen LogP contribution in [0, 0.1) is 13.8 Å². The van der Waals surface area contributed by atoms with Gasteiger partial charge < -0.3 is 14.2 Å². The molecule has 0 bridgehead atoms. The summed E-state index contributed by atoms with van der Waals surface area (Å²) in [6.45, 7) is 6.75. The number of piperidine rings is 1. The minimum Gasteiger partial charge on any atom is -0.484 e. The van der Waals surface area contributed by atoms with Gasteiger partial charge in [-0.2, -0.15) is 0 Å². The van der Waals surface area contributed by atoms with E-state index >= 15 is 0 Å². The van der Waals surface area contributed by atoms with E-state index in [-0.39, 0.29) is 18.4 Å². The molecule has 0 saturated carbocycles. The van der Waals surface area contributed by atoms with Crippen molar-refractivity contribution < 1.29 is 9.53 Å². The number of rotatable bonds is 4. The molecule has 2 aliphatic heterocycles. The molecule has 6 nitrogen and oxygen atoms in total.